The normalized spacial score (nSPS) is 16.2. The van der Waals surface area contributed by atoms with Crippen LogP contribution in [0.1, 0.15) is 11.3 Å². The number of fused-ring (bicyclic) bond motifs is 1. The minimum absolute atomic E-state index is 0.709. The van der Waals surface area contributed by atoms with E-state index in [0.717, 1.165) is 18.8 Å². The van der Waals surface area contributed by atoms with Crippen LogP contribution in [0.5, 0.6) is 5.88 Å². The van der Waals surface area contributed by atoms with Crippen molar-refractivity contribution in [3.8, 4) is 5.88 Å². The fraction of sp³-hybridized carbons (Fsp3) is 0.375. The Hall–Kier alpha value is -0.360. The number of pyridine rings is 1. The summed E-state index contributed by atoms with van der Waals surface area (Å²) in [6.07, 6.45) is 0. The molecule has 4 heteroatoms. The maximum Gasteiger partial charge on any atom is 0.213 e. The molecule has 0 amide bonds. The highest BCUT2D eigenvalue weighted by Crippen LogP contribution is 2.25. The summed E-state index contributed by atoms with van der Waals surface area (Å²) < 4.78 is 7.25. The molecule has 1 aliphatic heterocycles. The summed E-state index contributed by atoms with van der Waals surface area (Å²) in [5.41, 5.74) is 2.45. The van der Waals surface area contributed by atoms with E-state index in [-0.39, 0.29) is 0 Å². The molecule has 0 saturated heterocycles. The molecular formula is C8H9IN2O. The van der Waals surface area contributed by atoms with Crippen molar-refractivity contribution in [2.24, 2.45) is 0 Å². The van der Waals surface area contributed by atoms with E-state index in [4.69, 9.17) is 4.74 Å². The molecule has 0 aliphatic carbocycles. The monoisotopic (exact) mass is 276 g/mol. The molecule has 0 saturated carbocycles. The van der Waals surface area contributed by atoms with E-state index in [9.17, 15) is 0 Å². The lowest BCUT2D eigenvalue weighted by Crippen LogP contribution is -1.98. The zero-order valence-electron chi connectivity index (χ0n) is 6.75. The van der Waals surface area contributed by atoms with Crippen molar-refractivity contribution < 1.29 is 4.74 Å². The van der Waals surface area contributed by atoms with Gasteiger partial charge in [-0.3, -0.25) is 0 Å². The van der Waals surface area contributed by atoms with E-state index in [1.807, 2.05) is 6.07 Å². The first-order chi connectivity index (χ1) is 5.79. The molecular weight excluding hydrogens is 267 g/mol. The molecule has 0 spiro atoms. The van der Waals surface area contributed by atoms with Crippen LogP contribution in [0.25, 0.3) is 0 Å². The molecule has 64 valence electrons. The second kappa shape index (κ2) is 3.18. The van der Waals surface area contributed by atoms with Gasteiger partial charge >= 0.3 is 0 Å². The van der Waals surface area contributed by atoms with Crippen LogP contribution in [0.3, 0.4) is 0 Å². The second-order valence-corrected chi connectivity index (χ2v) is 4.10. The third-order valence-electron chi connectivity index (χ3n) is 1.92. The van der Waals surface area contributed by atoms with E-state index in [1.165, 1.54) is 5.56 Å². The molecule has 1 aromatic heterocycles. The molecule has 12 heavy (non-hydrogen) atoms. The van der Waals surface area contributed by atoms with Gasteiger partial charge in [0.1, 0.15) is 0 Å². The molecule has 0 aromatic carbocycles. The Morgan fingerprint density at radius 2 is 2.33 bits per heavy atom. The van der Waals surface area contributed by atoms with Crippen molar-refractivity contribution in [2.75, 3.05) is 7.11 Å². The van der Waals surface area contributed by atoms with E-state index < -0.39 is 0 Å². The molecule has 0 N–H and O–H groups in total. The van der Waals surface area contributed by atoms with Gasteiger partial charge < -0.3 is 4.74 Å². The molecule has 0 bridgehead atoms. The predicted octanol–water partition coefficient (Wildman–Crippen LogP) is 1.76. The molecule has 0 fully saturated rings. The summed E-state index contributed by atoms with van der Waals surface area (Å²) in [6.45, 7) is 1.92. The maximum absolute atomic E-state index is 5.04. The molecule has 1 aromatic rings. The molecule has 3 nitrogen and oxygen atoms in total. The Bertz CT molecular complexity index is 303. The van der Waals surface area contributed by atoms with Crippen LogP contribution < -0.4 is 4.74 Å². The zero-order chi connectivity index (χ0) is 8.55. The lowest BCUT2D eigenvalue weighted by Gasteiger charge is -2.00. The molecule has 1 aliphatic rings. The van der Waals surface area contributed by atoms with Gasteiger partial charge in [0.05, 0.1) is 19.3 Å². The molecule has 2 rings (SSSR count). The molecule has 2 heterocycles. The van der Waals surface area contributed by atoms with Gasteiger partial charge in [0.25, 0.3) is 0 Å². The Morgan fingerprint density at radius 3 is 3.08 bits per heavy atom. The third-order valence-corrected chi connectivity index (χ3v) is 2.60. The predicted molar refractivity (Wildman–Crippen MR) is 54.1 cm³/mol. The summed E-state index contributed by atoms with van der Waals surface area (Å²) in [4.78, 5) is 4.35. The van der Waals surface area contributed by atoms with Gasteiger partial charge in [-0.25, -0.2) is 8.10 Å². The fourth-order valence-electron chi connectivity index (χ4n) is 1.31. The van der Waals surface area contributed by atoms with Crippen LogP contribution in [0, 0.1) is 0 Å². The van der Waals surface area contributed by atoms with Crippen molar-refractivity contribution in [1.29, 1.82) is 0 Å². The van der Waals surface area contributed by atoms with Crippen molar-refractivity contribution in [3.63, 3.8) is 0 Å². The van der Waals surface area contributed by atoms with Gasteiger partial charge in [0.2, 0.25) is 5.88 Å². The van der Waals surface area contributed by atoms with Gasteiger partial charge in [-0.2, -0.15) is 0 Å². The van der Waals surface area contributed by atoms with E-state index >= 15 is 0 Å². The van der Waals surface area contributed by atoms with Crippen LogP contribution in [-0.2, 0) is 13.1 Å². The van der Waals surface area contributed by atoms with Crippen LogP contribution in [0.15, 0.2) is 12.1 Å². The number of aromatic nitrogens is 1. The zero-order valence-corrected chi connectivity index (χ0v) is 8.91. The van der Waals surface area contributed by atoms with E-state index in [2.05, 4.69) is 37.0 Å². The first kappa shape index (κ1) is 8.25. The van der Waals surface area contributed by atoms with E-state index in [0.29, 0.717) is 5.88 Å². The number of ether oxygens (including phenoxy) is 1. The fourth-order valence-corrected chi connectivity index (χ4v) is 2.00. The Balaban J connectivity index is 2.35. The minimum atomic E-state index is 0.709. The molecule has 0 unspecified atom stereocenters. The summed E-state index contributed by atoms with van der Waals surface area (Å²) in [5, 5.41) is 0. The van der Waals surface area contributed by atoms with Gasteiger partial charge in [0.15, 0.2) is 0 Å². The molecule has 0 radical (unpaired) electrons. The van der Waals surface area contributed by atoms with Crippen LogP contribution in [0.4, 0.5) is 0 Å². The standard InChI is InChI=1S/C8H9IN2O/c1-12-8-3-2-6-4-11(9)5-7(6)10-8/h2-3H,4-5H2,1H3. The second-order valence-electron chi connectivity index (χ2n) is 2.74. The smallest absolute Gasteiger partial charge is 0.213 e. The Labute approximate surface area is 85.2 Å². The van der Waals surface area contributed by atoms with Crippen LogP contribution in [0.2, 0.25) is 0 Å². The topological polar surface area (TPSA) is 25.4 Å². The van der Waals surface area contributed by atoms with Crippen molar-refractivity contribution >= 4 is 22.9 Å². The number of nitrogens with zero attached hydrogens (tertiary/aromatic N) is 2. The average Bonchev–Trinajstić information content (AvgIpc) is 2.43. The quantitative estimate of drug-likeness (QED) is 0.577. The van der Waals surface area contributed by atoms with Crippen LogP contribution in [-0.4, -0.2) is 15.2 Å². The Kier molecular flexibility index (Phi) is 2.18. The highest BCUT2D eigenvalue weighted by atomic mass is 127. The van der Waals surface area contributed by atoms with Crippen molar-refractivity contribution in [1.82, 2.24) is 8.10 Å². The van der Waals surface area contributed by atoms with Gasteiger partial charge in [-0.1, -0.05) is 6.07 Å². The van der Waals surface area contributed by atoms with Crippen LogP contribution >= 0.6 is 22.9 Å². The summed E-state index contributed by atoms with van der Waals surface area (Å²) in [6, 6.07) is 3.99. The first-order valence-electron chi connectivity index (χ1n) is 3.73. The van der Waals surface area contributed by atoms with Crippen molar-refractivity contribution in [2.45, 2.75) is 13.1 Å². The molecule has 0 atom stereocenters. The number of rotatable bonds is 1. The summed E-state index contributed by atoms with van der Waals surface area (Å²) >= 11 is 2.30. The Morgan fingerprint density at radius 1 is 1.50 bits per heavy atom. The van der Waals surface area contributed by atoms with Gasteiger partial charge in [0, 0.05) is 35.5 Å². The summed E-state index contributed by atoms with van der Waals surface area (Å²) in [7, 11) is 1.64. The lowest BCUT2D eigenvalue weighted by atomic mass is 10.2. The average molecular weight is 276 g/mol. The highest BCUT2D eigenvalue weighted by molar-refractivity contribution is 14.1. The summed E-state index contributed by atoms with van der Waals surface area (Å²) in [5.74, 6) is 0.709. The van der Waals surface area contributed by atoms with Gasteiger partial charge in [-0.05, 0) is 5.56 Å². The third kappa shape index (κ3) is 1.40. The lowest BCUT2D eigenvalue weighted by molar-refractivity contribution is 0.396. The number of hydrogen-bond acceptors (Lipinski definition) is 3. The van der Waals surface area contributed by atoms with E-state index in [1.54, 1.807) is 7.11 Å². The number of halogens is 1. The highest BCUT2D eigenvalue weighted by Gasteiger charge is 2.18. The maximum atomic E-state index is 5.04. The first-order valence-corrected chi connectivity index (χ1v) is 4.69. The SMILES string of the molecule is COc1ccc2c(n1)CN(I)C2. The number of methoxy groups -OCH3 is 1. The largest absolute Gasteiger partial charge is 0.481 e. The minimum Gasteiger partial charge on any atom is -0.481 e. The van der Waals surface area contributed by atoms with Crippen molar-refractivity contribution in [3.05, 3.63) is 23.4 Å². The van der Waals surface area contributed by atoms with Gasteiger partial charge in [-0.15, -0.1) is 0 Å². The number of hydrogen-bond donors (Lipinski definition) is 0.